The zero-order valence-corrected chi connectivity index (χ0v) is 7.33. The maximum absolute atomic E-state index is 11.4. The van der Waals surface area contributed by atoms with E-state index in [1.807, 2.05) is 0 Å². The second kappa shape index (κ2) is 4.11. The normalized spacial score (nSPS) is 12.6. The van der Waals surface area contributed by atoms with Crippen LogP contribution in [0.5, 0.6) is 0 Å². The molecule has 10 heteroatoms. The van der Waals surface area contributed by atoms with Crippen LogP contribution in [0, 0.1) is 0 Å². The smallest absolute Gasteiger partial charge is 0.272 e. The average molecular weight is 242 g/mol. The van der Waals surface area contributed by atoms with E-state index in [-0.39, 0.29) is 0 Å². The number of hydrogen-bond acceptors (Lipinski definition) is 4. The highest BCUT2D eigenvalue weighted by atomic mass is 35.7. The van der Waals surface area contributed by atoms with E-state index in [1.165, 1.54) is 0 Å². The topological polar surface area (TPSA) is 72.5 Å². The maximum Gasteiger partial charge on any atom is 0.397 e. The van der Waals surface area contributed by atoms with E-state index in [2.05, 4.69) is 15.0 Å². The van der Waals surface area contributed by atoms with Crippen LogP contribution in [0.1, 0.15) is 6.42 Å². The highest BCUT2D eigenvalue weighted by Crippen LogP contribution is 2.18. The molecule has 0 aliphatic heterocycles. The molecule has 0 aromatic heterocycles. The fourth-order valence-corrected chi connectivity index (χ4v) is 0.601. The zero-order chi connectivity index (χ0) is 10.7. The number of amides is 1. The minimum atomic E-state index is -4.73. The van der Waals surface area contributed by atoms with Gasteiger partial charge in [-0.15, -0.1) is 4.28 Å². The summed E-state index contributed by atoms with van der Waals surface area (Å²) in [5, 5.41) is 0. The number of carbonyl (C=O) groups is 1. The van der Waals surface area contributed by atoms with Crippen LogP contribution in [0.3, 0.4) is 0 Å². The van der Waals surface area contributed by atoms with Crippen molar-refractivity contribution in [2.24, 2.45) is 0 Å². The van der Waals surface area contributed by atoms with Gasteiger partial charge in [0, 0.05) is 0 Å². The molecular formula is C3H3ClF3NO4S. The molecule has 0 unspecified atom stereocenters. The summed E-state index contributed by atoms with van der Waals surface area (Å²) in [6.45, 7) is 0. The molecular weight excluding hydrogens is 239 g/mol. The molecule has 0 atom stereocenters. The Morgan fingerprint density at radius 3 is 2.23 bits per heavy atom. The van der Waals surface area contributed by atoms with Gasteiger partial charge in [-0.25, -0.2) is 5.48 Å². The Morgan fingerprint density at radius 2 is 1.92 bits per heavy atom. The van der Waals surface area contributed by atoms with Gasteiger partial charge in [0.2, 0.25) is 0 Å². The summed E-state index contributed by atoms with van der Waals surface area (Å²) in [6.07, 6.45) is -6.58. The molecule has 0 heterocycles. The standard InChI is InChI=1S/C3H3ClF3NO4S/c4-13(10,11)12-8-2(9)1-3(5,6)7/h1H2,(H,8,9). The molecule has 1 N–H and O–H groups in total. The van der Waals surface area contributed by atoms with Crippen molar-refractivity contribution in [2.45, 2.75) is 12.6 Å². The summed E-state index contributed by atoms with van der Waals surface area (Å²) in [7, 11) is -0.0993. The summed E-state index contributed by atoms with van der Waals surface area (Å²) in [6, 6.07) is 0. The fourth-order valence-electron chi connectivity index (χ4n) is 0.314. The van der Waals surface area contributed by atoms with Crippen molar-refractivity contribution >= 4 is 25.9 Å². The summed E-state index contributed by atoms with van der Waals surface area (Å²) in [5.74, 6) is -1.66. The van der Waals surface area contributed by atoms with Crippen LogP contribution in [-0.2, 0) is 18.4 Å². The van der Waals surface area contributed by atoms with Gasteiger partial charge in [0.1, 0.15) is 6.42 Å². The van der Waals surface area contributed by atoms with Crippen molar-refractivity contribution in [1.82, 2.24) is 5.48 Å². The molecule has 0 fully saturated rings. The number of alkyl halides is 3. The number of halogens is 4. The van der Waals surface area contributed by atoms with Crippen molar-refractivity contribution in [1.29, 1.82) is 0 Å². The maximum atomic E-state index is 11.4. The second-order valence-electron chi connectivity index (χ2n) is 1.79. The molecule has 0 aromatic carbocycles. The Balaban J connectivity index is 3.92. The first-order valence-electron chi connectivity index (χ1n) is 2.59. The van der Waals surface area contributed by atoms with Gasteiger partial charge >= 0.3 is 15.5 Å². The van der Waals surface area contributed by atoms with Crippen LogP contribution >= 0.6 is 10.7 Å². The molecule has 1 amide bonds. The van der Waals surface area contributed by atoms with Crippen LogP contribution < -0.4 is 5.48 Å². The van der Waals surface area contributed by atoms with Crippen LogP contribution in [-0.4, -0.2) is 20.5 Å². The van der Waals surface area contributed by atoms with E-state index < -0.39 is 27.8 Å². The summed E-state index contributed by atoms with van der Waals surface area (Å²) < 4.78 is 57.6. The summed E-state index contributed by atoms with van der Waals surface area (Å²) >= 11 is 0. The van der Waals surface area contributed by atoms with Gasteiger partial charge in [0.25, 0.3) is 5.91 Å². The van der Waals surface area contributed by atoms with Gasteiger partial charge in [0.05, 0.1) is 10.7 Å². The molecule has 0 radical (unpaired) electrons. The van der Waals surface area contributed by atoms with Crippen LogP contribution in [0.15, 0.2) is 0 Å². The molecule has 0 aliphatic rings. The fraction of sp³-hybridized carbons (Fsp3) is 0.667. The minimum absolute atomic E-state index is 1.00. The van der Waals surface area contributed by atoms with E-state index >= 15 is 0 Å². The average Bonchev–Trinajstić information content (AvgIpc) is 1.78. The number of rotatable bonds is 3. The molecule has 13 heavy (non-hydrogen) atoms. The Labute approximate surface area is 75.4 Å². The number of hydrogen-bond donors (Lipinski definition) is 1. The molecule has 0 saturated carbocycles. The van der Waals surface area contributed by atoms with Crippen molar-refractivity contribution in [3.8, 4) is 0 Å². The molecule has 0 saturated heterocycles. The molecule has 0 aromatic rings. The third kappa shape index (κ3) is 9.37. The molecule has 0 rings (SSSR count). The van der Waals surface area contributed by atoms with Crippen molar-refractivity contribution in [2.75, 3.05) is 0 Å². The monoisotopic (exact) mass is 241 g/mol. The first-order chi connectivity index (χ1) is 5.60. The van der Waals surface area contributed by atoms with Crippen LogP contribution in [0.4, 0.5) is 13.2 Å². The van der Waals surface area contributed by atoms with E-state index in [4.69, 9.17) is 0 Å². The lowest BCUT2D eigenvalue weighted by Gasteiger charge is -2.04. The van der Waals surface area contributed by atoms with E-state index in [1.54, 1.807) is 0 Å². The summed E-state index contributed by atoms with van der Waals surface area (Å²) in [4.78, 5) is 10.2. The highest BCUT2D eigenvalue weighted by Gasteiger charge is 2.31. The Hall–Kier alpha value is -0.540. The van der Waals surface area contributed by atoms with E-state index in [0.717, 1.165) is 5.48 Å². The SMILES string of the molecule is O=C(CC(F)(F)F)NOS(=O)(=O)Cl. The van der Waals surface area contributed by atoms with Gasteiger partial charge < -0.3 is 0 Å². The van der Waals surface area contributed by atoms with E-state index in [0.29, 0.717) is 0 Å². The predicted octanol–water partition coefficient (Wildman–Crippen LogP) is 0.470. The minimum Gasteiger partial charge on any atom is -0.272 e. The first-order valence-corrected chi connectivity index (χ1v) is 4.82. The number of hydroxylamine groups is 1. The van der Waals surface area contributed by atoms with Gasteiger partial charge in [0.15, 0.2) is 0 Å². The quantitative estimate of drug-likeness (QED) is 0.576. The third-order valence-electron chi connectivity index (χ3n) is 0.616. The first kappa shape index (κ1) is 12.5. The lowest BCUT2D eigenvalue weighted by Crippen LogP contribution is -2.29. The zero-order valence-electron chi connectivity index (χ0n) is 5.76. The van der Waals surface area contributed by atoms with Crippen molar-refractivity contribution < 1.29 is 30.7 Å². The van der Waals surface area contributed by atoms with Crippen molar-refractivity contribution in [3.63, 3.8) is 0 Å². The Bertz CT molecular complexity index is 285. The van der Waals surface area contributed by atoms with Crippen molar-refractivity contribution in [3.05, 3.63) is 0 Å². The summed E-state index contributed by atoms with van der Waals surface area (Å²) in [5.41, 5.74) is 1.00. The highest BCUT2D eigenvalue weighted by molar-refractivity contribution is 8.09. The van der Waals surface area contributed by atoms with Crippen LogP contribution in [0.25, 0.3) is 0 Å². The molecule has 0 spiro atoms. The molecule has 5 nitrogen and oxygen atoms in total. The van der Waals surface area contributed by atoms with Gasteiger partial charge in [-0.2, -0.15) is 21.6 Å². The van der Waals surface area contributed by atoms with Gasteiger partial charge in [-0.3, -0.25) is 4.79 Å². The lowest BCUT2D eigenvalue weighted by molar-refractivity contribution is -0.158. The molecule has 0 bridgehead atoms. The second-order valence-corrected chi connectivity index (χ2v) is 3.88. The third-order valence-corrected chi connectivity index (χ3v) is 1.09. The Morgan fingerprint density at radius 1 is 1.46 bits per heavy atom. The molecule has 0 aliphatic carbocycles. The molecule has 78 valence electrons. The largest absolute Gasteiger partial charge is 0.397 e. The van der Waals surface area contributed by atoms with Gasteiger partial charge in [-0.1, -0.05) is 0 Å². The lowest BCUT2D eigenvalue weighted by atomic mass is 10.4. The van der Waals surface area contributed by atoms with Crippen LogP contribution in [0.2, 0.25) is 0 Å². The predicted molar refractivity (Wildman–Crippen MR) is 34.7 cm³/mol. The van der Waals surface area contributed by atoms with Gasteiger partial charge in [-0.05, 0) is 0 Å². The Kier molecular flexibility index (Phi) is 3.94. The number of nitrogens with one attached hydrogen (secondary N) is 1. The number of carbonyl (C=O) groups excluding carboxylic acids is 1. The van der Waals surface area contributed by atoms with E-state index in [9.17, 15) is 26.4 Å².